The van der Waals surface area contributed by atoms with Gasteiger partial charge in [-0.2, -0.15) is 0 Å². The van der Waals surface area contributed by atoms with Crippen LogP contribution in [0.25, 0.3) is 0 Å². The van der Waals surface area contributed by atoms with Gasteiger partial charge in [0.15, 0.2) is 0 Å². The average molecular weight is 379 g/mol. The molecule has 0 spiro atoms. The fourth-order valence-electron chi connectivity index (χ4n) is 2.56. The van der Waals surface area contributed by atoms with Gasteiger partial charge in [0.05, 0.1) is 16.7 Å². The van der Waals surface area contributed by atoms with Crippen LogP contribution in [0.3, 0.4) is 0 Å². The van der Waals surface area contributed by atoms with Gasteiger partial charge in [-0.25, -0.2) is 12.8 Å². The Morgan fingerprint density at radius 2 is 1.62 bits per heavy atom. The summed E-state index contributed by atoms with van der Waals surface area (Å²) in [6.07, 6.45) is -0.364. The second-order valence-corrected chi connectivity index (χ2v) is 8.21. The van der Waals surface area contributed by atoms with E-state index in [9.17, 15) is 17.6 Å². The van der Waals surface area contributed by atoms with Crippen LogP contribution in [0.15, 0.2) is 47.4 Å². The third kappa shape index (κ3) is 4.82. The molecule has 140 valence electrons. The molecule has 0 bridgehead atoms. The van der Waals surface area contributed by atoms with Crippen LogP contribution < -0.4 is 4.31 Å². The van der Waals surface area contributed by atoms with Crippen LogP contribution >= 0.6 is 0 Å². The van der Waals surface area contributed by atoms with Crippen LogP contribution in [0.5, 0.6) is 0 Å². The monoisotopic (exact) mass is 379 g/mol. The zero-order valence-electron chi connectivity index (χ0n) is 15.2. The highest BCUT2D eigenvalue weighted by atomic mass is 32.2. The Balaban J connectivity index is 2.51. The van der Waals surface area contributed by atoms with E-state index in [2.05, 4.69) is 0 Å². The van der Waals surface area contributed by atoms with Crippen molar-refractivity contribution in [3.05, 3.63) is 59.4 Å². The van der Waals surface area contributed by atoms with Crippen molar-refractivity contribution < 1.29 is 22.3 Å². The molecule has 5 nitrogen and oxygen atoms in total. The molecule has 0 radical (unpaired) electrons. The topological polar surface area (TPSA) is 63.7 Å². The number of nitrogens with zero attached hydrogens (tertiary/aromatic N) is 1. The maximum absolute atomic E-state index is 13.2. The van der Waals surface area contributed by atoms with Crippen LogP contribution in [-0.2, 0) is 19.6 Å². The highest BCUT2D eigenvalue weighted by Gasteiger charge is 2.28. The number of sulfonamides is 1. The normalized spacial score (nSPS) is 11.5. The zero-order chi connectivity index (χ0) is 19.5. The quantitative estimate of drug-likeness (QED) is 0.720. The summed E-state index contributed by atoms with van der Waals surface area (Å²) in [5.74, 6) is -1.20. The molecule has 0 fully saturated rings. The first-order valence-corrected chi connectivity index (χ1v) is 9.59. The minimum atomic E-state index is -4.07. The van der Waals surface area contributed by atoms with E-state index in [0.29, 0.717) is 5.69 Å². The molecule has 0 aliphatic carbocycles. The lowest BCUT2D eigenvalue weighted by molar-refractivity contribution is -0.145. The third-order valence-electron chi connectivity index (χ3n) is 3.54. The summed E-state index contributed by atoms with van der Waals surface area (Å²) < 4.78 is 45.4. The molecule has 0 heterocycles. The predicted molar refractivity (Wildman–Crippen MR) is 98.1 cm³/mol. The fraction of sp³-hybridized carbons (Fsp3) is 0.316. The molecule has 0 saturated carbocycles. The molecule has 0 aliphatic rings. The number of ether oxygens (including phenoxy) is 1. The fourth-order valence-corrected chi connectivity index (χ4v) is 3.95. The summed E-state index contributed by atoms with van der Waals surface area (Å²) in [5, 5.41) is 0. The second-order valence-electron chi connectivity index (χ2n) is 6.35. The molecular weight excluding hydrogens is 357 g/mol. The van der Waals surface area contributed by atoms with Crippen LogP contribution in [0.1, 0.15) is 25.0 Å². The van der Waals surface area contributed by atoms with Gasteiger partial charge in [0.25, 0.3) is 10.0 Å². The van der Waals surface area contributed by atoms with Gasteiger partial charge in [0, 0.05) is 0 Å². The van der Waals surface area contributed by atoms with Crippen molar-refractivity contribution in [2.45, 2.75) is 38.7 Å². The lowest BCUT2D eigenvalue weighted by atomic mass is 10.1. The van der Waals surface area contributed by atoms with E-state index in [1.165, 1.54) is 12.1 Å². The number of anilines is 1. The van der Waals surface area contributed by atoms with Gasteiger partial charge in [0.2, 0.25) is 0 Å². The van der Waals surface area contributed by atoms with Gasteiger partial charge in [-0.15, -0.1) is 0 Å². The van der Waals surface area contributed by atoms with Crippen molar-refractivity contribution >= 4 is 21.7 Å². The molecule has 2 aromatic rings. The van der Waals surface area contributed by atoms with E-state index >= 15 is 0 Å². The summed E-state index contributed by atoms with van der Waals surface area (Å²) in [4.78, 5) is 12.0. The number of carbonyl (C=O) groups excluding carboxylic acids is 1. The van der Waals surface area contributed by atoms with E-state index in [1.54, 1.807) is 26.0 Å². The molecule has 7 heteroatoms. The maximum atomic E-state index is 13.2. The van der Waals surface area contributed by atoms with Crippen LogP contribution in [0.2, 0.25) is 0 Å². The standard InChI is InChI=1S/C19H22FNO4S/c1-13(2)25-19(22)12-21(17-10-14(3)9-15(4)11-17)26(23,24)18-7-5-16(20)6-8-18/h5-11,13H,12H2,1-4H3. The number of benzene rings is 2. The summed E-state index contributed by atoms with van der Waals surface area (Å²) in [6.45, 7) is 6.58. The molecule has 0 aromatic heterocycles. The number of rotatable bonds is 6. The van der Waals surface area contributed by atoms with Crippen molar-refractivity contribution in [2.24, 2.45) is 0 Å². The Hall–Kier alpha value is -2.41. The van der Waals surface area contributed by atoms with Gasteiger partial charge >= 0.3 is 5.97 Å². The first-order valence-electron chi connectivity index (χ1n) is 8.15. The number of carbonyl (C=O) groups is 1. The number of halogens is 1. The molecule has 0 aliphatic heterocycles. The third-order valence-corrected chi connectivity index (χ3v) is 5.32. The molecule has 0 N–H and O–H groups in total. The van der Waals surface area contributed by atoms with Gasteiger partial charge in [-0.3, -0.25) is 9.10 Å². The maximum Gasteiger partial charge on any atom is 0.327 e. The predicted octanol–water partition coefficient (Wildman–Crippen LogP) is 3.59. The Labute approximate surface area is 153 Å². The van der Waals surface area contributed by atoms with Gasteiger partial charge < -0.3 is 4.74 Å². The van der Waals surface area contributed by atoms with Crippen LogP contribution in [0, 0.1) is 19.7 Å². The van der Waals surface area contributed by atoms with Crippen LogP contribution in [0.4, 0.5) is 10.1 Å². The number of hydrogen-bond donors (Lipinski definition) is 0. The summed E-state index contributed by atoms with van der Waals surface area (Å²) in [5.41, 5.74) is 2.07. The van der Waals surface area contributed by atoms with Crippen molar-refractivity contribution in [1.29, 1.82) is 0 Å². The smallest absolute Gasteiger partial charge is 0.327 e. The Morgan fingerprint density at radius 3 is 2.12 bits per heavy atom. The first-order chi connectivity index (χ1) is 12.1. The number of aryl methyl sites for hydroxylation is 2. The van der Waals surface area contributed by atoms with Crippen molar-refractivity contribution in [3.8, 4) is 0 Å². The van der Waals surface area contributed by atoms with E-state index in [4.69, 9.17) is 4.74 Å². The number of esters is 1. The second kappa shape index (κ2) is 7.86. The van der Waals surface area contributed by atoms with E-state index in [1.807, 2.05) is 19.9 Å². The lowest BCUT2D eigenvalue weighted by Crippen LogP contribution is -2.37. The van der Waals surface area contributed by atoms with E-state index < -0.39 is 28.4 Å². The van der Waals surface area contributed by atoms with Gasteiger partial charge in [-0.05, 0) is 75.2 Å². The molecule has 26 heavy (non-hydrogen) atoms. The Kier molecular flexibility index (Phi) is 6.02. The zero-order valence-corrected chi connectivity index (χ0v) is 16.0. The largest absolute Gasteiger partial charge is 0.462 e. The Morgan fingerprint density at radius 1 is 1.08 bits per heavy atom. The molecule has 0 unspecified atom stereocenters. The van der Waals surface area contributed by atoms with E-state index in [0.717, 1.165) is 27.6 Å². The Bertz CT molecular complexity index is 872. The summed E-state index contributed by atoms with van der Waals surface area (Å²) in [6, 6.07) is 9.74. The highest BCUT2D eigenvalue weighted by molar-refractivity contribution is 7.92. The number of hydrogen-bond acceptors (Lipinski definition) is 4. The molecule has 0 amide bonds. The average Bonchev–Trinajstić information content (AvgIpc) is 2.51. The van der Waals surface area contributed by atoms with Crippen molar-refractivity contribution in [3.63, 3.8) is 0 Å². The van der Waals surface area contributed by atoms with Gasteiger partial charge in [-0.1, -0.05) is 6.07 Å². The van der Waals surface area contributed by atoms with Gasteiger partial charge in [0.1, 0.15) is 12.4 Å². The molecule has 2 rings (SSSR count). The molecule has 2 aromatic carbocycles. The summed E-state index contributed by atoms with van der Waals surface area (Å²) in [7, 11) is -4.07. The minimum Gasteiger partial charge on any atom is -0.462 e. The lowest BCUT2D eigenvalue weighted by Gasteiger charge is -2.25. The van der Waals surface area contributed by atoms with Crippen molar-refractivity contribution in [1.82, 2.24) is 0 Å². The first kappa shape index (κ1) is 19.9. The SMILES string of the molecule is Cc1cc(C)cc(N(CC(=O)OC(C)C)S(=O)(=O)c2ccc(F)cc2)c1. The van der Waals surface area contributed by atoms with Crippen molar-refractivity contribution in [2.75, 3.05) is 10.8 Å². The summed E-state index contributed by atoms with van der Waals surface area (Å²) >= 11 is 0. The minimum absolute atomic E-state index is 0.101. The highest BCUT2D eigenvalue weighted by Crippen LogP contribution is 2.26. The van der Waals surface area contributed by atoms with Crippen LogP contribution in [-0.4, -0.2) is 27.0 Å². The molecular formula is C19H22FNO4S. The van der Waals surface area contributed by atoms with E-state index in [-0.39, 0.29) is 11.0 Å². The molecule has 0 saturated heterocycles. The molecule has 0 atom stereocenters.